The summed E-state index contributed by atoms with van der Waals surface area (Å²) in [5, 5.41) is 9.73. The summed E-state index contributed by atoms with van der Waals surface area (Å²) in [5.41, 5.74) is 1.99. The lowest BCUT2D eigenvalue weighted by Gasteiger charge is -2.36. The lowest BCUT2D eigenvalue weighted by molar-refractivity contribution is -0.130. The molecule has 9 heteroatoms. The van der Waals surface area contributed by atoms with Crippen molar-refractivity contribution in [3.05, 3.63) is 17.5 Å². The van der Waals surface area contributed by atoms with Crippen molar-refractivity contribution in [1.29, 1.82) is 0 Å². The number of rotatable bonds is 5. The average molecular weight is 374 g/mol. The van der Waals surface area contributed by atoms with Gasteiger partial charge in [-0.25, -0.2) is 4.79 Å². The second-order valence-corrected chi connectivity index (χ2v) is 7.53. The van der Waals surface area contributed by atoms with Crippen molar-refractivity contribution in [2.75, 3.05) is 19.6 Å². The van der Waals surface area contributed by atoms with Gasteiger partial charge in [-0.1, -0.05) is 19.3 Å². The summed E-state index contributed by atoms with van der Waals surface area (Å²) in [7, 11) is 0. The molecule has 27 heavy (non-hydrogen) atoms. The van der Waals surface area contributed by atoms with Crippen molar-refractivity contribution in [3.63, 3.8) is 0 Å². The van der Waals surface area contributed by atoms with Crippen molar-refractivity contribution in [2.45, 2.75) is 57.8 Å². The number of hydrogen-bond acceptors (Lipinski definition) is 5. The third kappa shape index (κ3) is 3.97. The van der Waals surface area contributed by atoms with Gasteiger partial charge in [0.25, 0.3) is 5.91 Å². The highest BCUT2D eigenvalue weighted by Gasteiger charge is 2.30. The number of nitrogens with zero attached hydrogens (tertiary/aromatic N) is 4. The van der Waals surface area contributed by atoms with Crippen LogP contribution in [0.1, 0.15) is 43.5 Å². The van der Waals surface area contributed by atoms with E-state index in [1.54, 1.807) is 0 Å². The first kappa shape index (κ1) is 18.0. The van der Waals surface area contributed by atoms with Crippen molar-refractivity contribution < 1.29 is 14.4 Å². The van der Waals surface area contributed by atoms with Crippen LogP contribution in [0, 0.1) is 0 Å². The number of imide groups is 1. The van der Waals surface area contributed by atoms with Gasteiger partial charge in [-0.15, -0.1) is 0 Å². The largest absolute Gasteiger partial charge is 0.349 e. The minimum atomic E-state index is -0.518. The fourth-order valence-corrected chi connectivity index (χ4v) is 4.19. The molecule has 2 fully saturated rings. The number of carbonyl (C=O) groups is 3. The first-order valence-electron chi connectivity index (χ1n) is 9.75. The third-order valence-corrected chi connectivity index (χ3v) is 5.67. The Morgan fingerprint density at radius 3 is 2.78 bits per heavy atom. The maximum Gasteiger partial charge on any atom is 0.325 e. The fraction of sp³-hybridized carbons (Fsp3) is 0.667. The zero-order chi connectivity index (χ0) is 18.8. The molecule has 0 atom stereocenters. The average Bonchev–Trinajstić information content (AvgIpc) is 3.24. The van der Waals surface area contributed by atoms with E-state index in [4.69, 9.17) is 0 Å². The van der Waals surface area contributed by atoms with Gasteiger partial charge in [0.1, 0.15) is 6.54 Å². The summed E-state index contributed by atoms with van der Waals surface area (Å²) >= 11 is 0. The van der Waals surface area contributed by atoms with Crippen molar-refractivity contribution >= 4 is 17.8 Å². The molecule has 1 saturated carbocycles. The molecular formula is C18H26N6O3. The Kier molecular flexibility index (Phi) is 5.11. The summed E-state index contributed by atoms with van der Waals surface area (Å²) in [6, 6.07) is 2.22. The first-order valence-corrected chi connectivity index (χ1v) is 9.75. The molecular weight excluding hydrogens is 348 g/mol. The number of nitrogens with one attached hydrogen (secondary N) is 2. The molecule has 2 N–H and O–H groups in total. The highest BCUT2D eigenvalue weighted by molar-refractivity contribution is 6.04. The molecule has 3 aliphatic rings. The standard InChI is InChI=1S/C18H26N6O3/c25-16(12-23-17(26)10-20-18(23)27)19-9-13-8-15-11-22(6-7-24(15)21-13)14-4-2-1-3-5-14/h8,14H,1-7,9-12H2,(H,19,25)(H,20,27). The molecule has 1 saturated heterocycles. The van der Waals surface area contributed by atoms with Gasteiger partial charge in [-0.05, 0) is 18.9 Å². The molecule has 0 radical (unpaired) electrons. The molecule has 0 aromatic carbocycles. The van der Waals surface area contributed by atoms with E-state index in [0.29, 0.717) is 12.6 Å². The van der Waals surface area contributed by atoms with E-state index in [1.807, 2.05) is 10.7 Å². The summed E-state index contributed by atoms with van der Waals surface area (Å²) in [6.07, 6.45) is 6.60. The van der Waals surface area contributed by atoms with Crippen LogP contribution >= 0.6 is 0 Å². The molecule has 1 aliphatic carbocycles. The Bertz CT molecular complexity index is 723. The number of urea groups is 1. The molecule has 146 valence electrons. The Morgan fingerprint density at radius 1 is 1.22 bits per heavy atom. The van der Waals surface area contributed by atoms with Gasteiger partial charge in [0, 0.05) is 19.1 Å². The van der Waals surface area contributed by atoms with Gasteiger partial charge in [0.2, 0.25) is 5.91 Å². The van der Waals surface area contributed by atoms with E-state index in [-0.39, 0.29) is 24.9 Å². The molecule has 2 aliphatic heterocycles. The monoisotopic (exact) mass is 374 g/mol. The normalized spacial score (nSPS) is 21.3. The quantitative estimate of drug-likeness (QED) is 0.718. The van der Waals surface area contributed by atoms with Crippen LogP contribution in [0.15, 0.2) is 6.07 Å². The van der Waals surface area contributed by atoms with Crippen LogP contribution < -0.4 is 10.6 Å². The molecule has 0 spiro atoms. The number of aromatic nitrogens is 2. The van der Waals surface area contributed by atoms with Crippen LogP contribution in [-0.2, 0) is 29.2 Å². The van der Waals surface area contributed by atoms with Gasteiger partial charge in [0.05, 0.1) is 31.0 Å². The summed E-state index contributed by atoms with van der Waals surface area (Å²) < 4.78 is 2.03. The van der Waals surface area contributed by atoms with E-state index in [2.05, 4.69) is 20.6 Å². The van der Waals surface area contributed by atoms with Crippen LogP contribution in [0.25, 0.3) is 0 Å². The van der Waals surface area contributed by atoms with Crippen molar-refractivity contribution in [1.82, 2.24) is 30.2 Å². The number of carbonyl (C=O) groups excluding carboxylic acids is 3. The van der Waals surface area contributed by atoms with Gasteiger partial charge < -0.3 is 10.6 Å². The third-order valence-electron chi connectivity index (χ3n) is 5.67. The van der Waals surface area contributed by atoms with Gasteiger partial charge >= 0.3 is 6.03 Å². The molecule has 4 amide bonds. The van der Waals surface area contributed by atoms with E-state index in [1.165, 1.54) is 37.8 Å². The Labute approximate surface area is 158 Å². The summed E-state index contributed by atoms with van der Waals surface area (Å²) in [5.74, 6) is -0.745. The summed E-state index contributed by atoms with van der Waals surface area (Å²) in [4.78, 5) is 38.5. The Balaban J connectivity index is 1.30. The van der Waals surface area contributed by atoms with E-state index in [9.17, 15) is 14.4 Å². The number of hydrogen-bond donors (Lipinski definition) is 2. The van der Waals surface area contributed by atoms with Gasteiger partial charge in [-0.2, -0.15) is 5.10 Å². The Morgan fingerprint density at radius 2 is 2.04 bits per heavy atom. The zero-order valence-corrected chi connectivity index (χ0v) is 15.4. The number of fused-ring (bicyclic) bond motifs is 1. The van der Waals surface area contributed by atoms with Crippen molar-refractivity contribution in [2.24, 2.45) is 0 Å². The fourth-order valence-electron chi connectivity index (χ4n) is 4.19. The molecule has 3 heterocycles. The lowest BCUT2D eigenvalue weighted by atomic mass is 9.94. The Hall–Kier alpha value is -2.42. The van der Waals surface area contributed by atoms with Gasteiger partial charge in [-0.3, -0.25) is 24.1 Å². The van der Waals surface area contributed by atoms with Gasteiger partial charge in [0.15, 0.2) is 0 Å². The second-order valence-electron chi connectivity index (χ2n) is 7.53. The maximum atomic E-state index is 12.0. The topological polar surface area (TPSA) is 99.6 Å². The molecule has 4 rings (SSSR count). The van der Waals surface area contributed by atoms with Crippen LogP contribution in [0.3, 0.4) is 0 Å². The second kappa shape index (κ2) is 7.67. The van der Waals surface area contributed by atoms with Crippen LogP contribution in [0.4, 0.5) is 4.79 Å². The molecule has 1 aromatic rings. The molecule has 0 bridgehead atoms. The molecule has 1 aromatic heterocycles. The van der Waals surface area contributed by atoms with Crippen LogP contribution in [0.2, 0.25) is 0 Å². The van der Waals surface area contributed by atoms with Crippen LogP contribution in [-0.4, -0.2) is 63.1 Å². The van der Waals surface area contributed by atoms with E-state index >= 15 is 0 Å². The maximum absolute atomic E-state index is 12.0. The highest BCUT2D eigenvalue weighted by Crippen LogP contribution is 2.26. The highest BCUT2D eigenvalue weighted by atomic mass is 16.2. The van der Waals surface area contributed by atoms with E-state index < -0.39 is 6.03 Å². The predicted molar refractivity (Wildman–Crippen MR) is 96.5 cm³/mol. The summed E-state index contributed by atoms with van der Waals surface area (Å²) in [6.45, 7) is 2.81. The molecule has 9 nitrogen and oxygen atoms in total. The smallest absolute Gasteiger partial charge is 0.325 e. The predicted octanol–water partition coefficient (Wildman–Crippen LogP) is 0.199. The first-order chi connectivity index (χ1) is 13.1. The van der Waals surface area contributed by atoms with E-state index in [0.717, 1.165) is 30.2 Å². The number of amides is 4. The minimum absolute atomic E-state index is 0.0443. The minimum Gasteiger partial charge on any atom is -0.349 e. The SMILES string of the molecule is O=C(CN1C(=O)CNC1=O)NCc1cc2n(n1)CCN(C1CCCCC1)C2. The van der Waals surface area contributed by atoms with Crippen LogP contribution in [0.5, 0.6) is 0 Å². The zero-order valence-electron chi connectivity index (χ0n) is 15.4. The van der Waals surface area contributed by atoms with Crippen molar-refractivity contribution in [3.8, 4) is 0 Å². The molecule has 0 unspecified atom stereocenters. The lowest BCUT2D eigenvalue weighted by Crippen LogP contribution is -2.42.